The van der Waals surface area contributed by atoms with Crippen molar-refractivity contribution in [3.63, 3.8) is 0 Å². The molecule has 1 aliphatic rings. The van der Waals surface area contributed by atoms with E-state index in [0.29, 0.717) is 17.1 Å². The summed E-state index contributed by atoms with van der Waals surface area (Å²) >= 11 is 6.19. The molecule has 25 heavy (non-hydrogen) atoms. The Hall–Kier alpha value is -2.41. The van der Waals surface area contributed by atoms with Crippen LogP contribution in [0.4, 0.5) is 10.2 Å². The molecular formula is C17H17ClFN3O3. The summed E-state index contributed by atoms with van der Waals surface area (Å²) in [7, 11) is 0. The number of fused-ring (bicyclic) bond motifs is 1. The molecule has 1 atom stereocenters. The van der Waals surface area contributed by atoms with Crippen molar-refractivity contribution in [1.29, 1.82) is 0 Å². The largest absolute Gasteiger partial charge is 0.465 e. The number of esters is 1. The second kappa shape index (κ2) is 6.84. The Balaban J connectivity index is 2.05. The van der Waals surface area contributed by atoms with Crippen LogP contribution in [0.3, 0.4) is 0 Å². The Labute approximate surface area is 148 Å². The van der Waals surface area contributed by atoms with Crippen LogP contribution in [0, 0.1) is 12.7 Å². The van der Waals surface area contributed by atoms with Crippen LogP contribution in [0.2, 0.25) is 5.02 Å². The smallest absolute Gasteiger partial charge is 0.327 e. The number of nitrogens with one attached hydrogen (secondary N) is 1. The SMILES string of the molecule is CCOC(=O)Cn1nc(C)c2c1NC(=O)C[C@@H]2c1ccc(F)cc1Cl. The second-order valence-corrected chi connectivity index (χ2v) is 6.19. The van der Waals surface area contributed by atoms with Crippen molar-refractivity contribution in [2.75, 3.05) is 11.9 Å². The molecule has 6 nitrogen and oxygen atoms in total. The van der Waals surface area contributed by atoms with E-state index < -0.39 is 11.8 Å². The Morgan fingerprint density at radius 1 is 1.52 bits per heavy atom. The molecule has 0 saturated heterocycles. The van der Waals surface area contributed by atoms with E-state index in [0.717, 1.165) is 5.56 Å². The molecule has 8 heteroatoms. The maximum atomic E-state index is 13.4. The molecule has 0 spiro atoms. The Bertz CT molecular complexity index is 850. The molecule has 1 aromatic heterocycles. The number of amides is 1. The molecule has 2 aromatic rings. The van der Waals surface area contributed by atoms with Gasteiger partial charge in [0.2, 0.25) is 5.91 Å². The fraction of sp³-hybridized carbons (Fsp3) is 0.353. The van der Waals surface area contributed by atoms with Crippen molar-refractivity contribution in [2.45, 2.75) is 32.7 Å². The van der Waals surface area contributed by atoms with E-state index in [-0.39, 0.29) is 36.4 Å². The summed E-state index contributed by atoms with van der Waals surface area (Å²) in [5, 5.41) is 7.37. The zero-order chi connectivity index (χ0) is 18.1. The van der Waals surface area contributed by atoms with Gasteiger partial charge in [-0.25, -0.2) is 9.07 Å². The Morgan fingerprint density at radius 3 is 2.96 bits per heavy atom. The molecule has 1 aliphatic heterocycles. The van der Waals surface area contributed by atoms with Gasteiger partial charge in [-0.05, 0) is 31.5 Å². The molecule has 0 aliphatic carbocycles. The minimum atomic E-state index is -0.441. The molecule has 0 unspecified atom stereocenters. The summed E-state index contributed by atoms with van der Waals surface area (Å²) in [4.78, 5) is 23.9. The van der Waals surface area contributed by atoms with E-state index >= 15 is 0 Å². The molecule has 1 N–H and O–H groups in total. The average molecular weight is 366 g/mol. The minimum absolute atomic E-state index is 0.103. The fourth-order valence-corrected chi connectivity index (χ4v) is 3.41. The highest BCUT2D eigenvalue weighted by atomic mass is 35.5. The first kappa shape index (κ1) is 17.4. The van der Waals surface area contributed by atoms with Gasteiger partial charge in [-0.3, -0.25) is 9.59 Å². The van der Waals surface area contributed by atoms with Crippen molar-refractivity contribution in [3.8, 4) is 0 Å². The third-order valence-electron chi connectivity index (χ3n) is 4.09. The molecule has 0 radical (unpaired) electrons. The van der Waals surface area contributed by atoms with Crippen LogP contribution in [0.15, 0.2) is 18.2 Å². The summed E-state index contributed by atoms with van der Waals surface area (Å²) < 4.78 is 19.7. The predicted octanol–water partition coefficient (Wildman–Crippen LogP) is 3.02. The Kier molecular flexibility index (Phi) is 4.76. The number of ether oxygens (including phenoxy) is 1. The van der Waals surface area contributed by atoms with Crippen LogP contribution in [-0.2, 0) is 20.9 Å². The summed E-state index contributed by atoms with van der Waals surface area (Å²) in [5.74, 6) is -1.00. The second-order valence-electron chi connectivity index (χ2n) is 5.78. The molecular weight excluding hydrogens is 349 g/mol. The lowest BCUT2D eigenvalue weighted by atomic mass is 9.86. The molecule has 1 amide bonds. The first-order valence-corrected chi connectivity index (χ1v) is 8.26. The number of aromatic nitrogens is 2. The monoisotopic (exact) mass is 365 g/mol. The van der Waals surface area contributed by atoms with Crippen LogP contribution in [0.25, 0.3) is 0 Å². The van der Waals surface area contributed by atoms with Gasteiger partial charge in [0.1, 0.15) is 18.2 Å². The van der Waals surface area contributed by atoms with Gasteiger partial charge in [0, 0.05) is 22.9 Å². The number of benzene rings is 1. The number of carbonyl (C=O) groups is 2. The van der Waals surface area contributed by atoms with Gasteiger partial charge in [0.25, 0.3) is 0 Å². The lowest BCUT2D eigenvalue weighted by molar-refractivity contribution is -0.144. The molecule has 0 bridgehead atoms. The van der Waals surface area contributed by atoms with E-state index in [1.165, 1.54) is 16.8 Å². The summed E-state index contributed by atoms with van der Waals surface area (Å²) in [6.07, 6.45) is 0.171. The average Bonchev–Trinajstić information content (AvgIpc) is 2.83. The number of rotatable bonds is 4. The first-order valence-electron chi connectivity index (χ1n) is 7.88. The predicted molar refractivity (Wildman–Crippen MR) is 90.1 cm³/mol. The first-order chi connectivity index (χ1) is 11.9. The number of halogens is 2. The van der Waals surface area contributed by atoms with Gasteiger partial charge in [-0.1, -0.05) is 17.7 Å². The van der Waals surface area contributed by atoms with E-state index in [9.17, 15) is 14.0 Å². The summed E-state index contributed by atoms with van der Waals surface area (Å²) in [5.41, 5.74) is 2.10. The van der Waals surface area contributed by atoms with Crippen molar-refractivity contribution in [2.24, 2.45) is 0 Å². The molecule has 0 saturated carbocycles. The lowest BCUT2D eigenvalue weighted by Gasteiger charge is -2.25. The highest BCUT2D eigenvalue weighted by molar-refractivity contribution is 6.31. The van der Waals surface area contributed by atoms with E-state index in [1.54, 1.807) is 19.9 Å². The topological polar surface area (TPSA) is 73.2 Å². The zero-order valence-corrected chi connectivity index (χ0v) is 14.6. The van der Waals surface area contributed by atoms with Gasteiger partial charge in [-0.2, -0.15) is 5.10 Å². The highest BCUT2D eigenvalue weighted by Gasteiger charge is 2.33. The van der Waals surface area contributed by atoms with Crippen LogP contribution in [-0.4, -0.2) is 28.3 Å². The summed E-state index contributed by atoms with van der Waals surface area (Å²) in [6.45, 7) is 3.67. The van der Waals surface area contributed by atoms with Gasteiger partial charge in [0.15, 0.2) is 0 Å². The summed E-state index contributed by atoms with van der Waals surface area (Å²) in [6, 6.07) is 4.11. The minimum Gasteiger partial charge on any atom is -0.465 e. The van der Waals surface area contributed by atoms with Gasteiger partial charge in [-0.15, -0.1) is 0 Å². The van der Waals surface area contributed by atoms with Crippen molar-refractivity contribution >= 4 is 29.3 Å². The third kappa shape index (κ3) is 3.37. The lowest BCUT2D eigenvalue weighted by Crippen LogP contribution is -2.26. The van der Waals surface area contributed by atoms with Crippen LogP contribution in [0.1, 0.15) is 36.1 Å². The fourth-order valence-electron chi connectivity index (χ4n) is 3.11. The van der Waals surface area contributed by atoms with Crippen LogP contribution in [0.5, 0.6) is 0 Å². The van der Waals surface area contributed by atoms with Crippen molar-refractivity contribution < 1.29 is 18.7 Å². The van der Waals surface area contributed by atoms with Gasteiger partial charge in [0.05, 0.1) is 12.3 Å². The van der Waals surface area contributed by atoms with E-state index in [2.05, 4.69) is 10.4 Å². The van der Waals surface area contributed by atoms with Gasteiger partial charge >= 0.3 is 5.97 Å². The molecule has 0 fully saturated rings. The number of hydrogen-bond donors (Lipinski definition) is 1. The van der Waals surface area contributed by atoms with E-state index in [1.807, 2.05) is 0 Å². The number of nitrogens with zero attached hydrogens (tertiary/aromatic N) is 2. The maximum Gasteiger partial charge on any atom is 0.327 e. The Morgan fingerprint density at radius 2 is 2.28 bits per heavy atom. The molecule has 3 rings (SSSR count). The van der Waals surface area contributed by atoms with Gasteiger partial charge < -0.3 is 10.1 Å². The zero-order valence-electron chi connectivity index (χ0n) is 13.8. The van der Waals surface area contributed by atoms with E-state index in [4.69, 9.17) is 16.3 Å². The number of carbonyl (C=O) groups excluding carboxylic acids is 2. The quantitative estimate of drug-likeness (QED) is 0.845. The normalized spacial score (nSPS) is 16.3. The van der Waals surface area contributed by atoms with Crippen LogP contribution >= 0.6 is 11.6 Å². The molecule has 132 valence electrons. The molecule has 2 heterocycles. The standard InChI is InChI=1S/C17H17ClFN3O3/c1-3-25-15(24)8-22-17-16(9(2)21-22)12(7-14(23)20-17)11-5-4-10(19)6-13(11)18/h4-6,12H,3,7-8H2,1-2H3,(H,20,23)/t12-/m1/s1. The molecule has 1 aromatic carbocycles. The third-order valence-corrected chi connectivity index (χ3v) is 4.42. The van der Waals surface area contributed by atoms with Crippen LogP contribution < -0.4 is 5.32 Å². The van der Waals surface area contributed by atoms with Crippen molar-refractivity contribution in [3.05, 3.63) is 45.9 Å². The number of hydrogen-bond acceptors (Lipinski definition) is 4. The van der Waals surface area contributed by atoms with Crippen molar-refractivity contribution in [1.82, 2.24) is 9.78 Å². The number of anilines is 1. The maximum absolute atomic E-state index is 13.4. The highest BCUT2D eigenvalue weighted by Crippen LogP contribution is 2.41. The number of aryl methyl sites for hydroxylation is 1.